The molecule has 2 heteroatoms. The first-order chi connectivity index (χ1) is 10.2. The van der Waals surface area contributed by atoms with E-state index in [1.54, 1.807) is 18.2 Å². The minimum absolute atomic E-state index is 0.298. The Labute approximate surface area is 125 Å². The average molecular weight is 280 g/mol. The molecule has 0 amide bonds. The molecule has 2 nitrogen and oxygen atoms in total. The number of rotatable bonds is 7. The van der Waals surface area contributed by atoms with E-state index in [0.717, 1.165) is 27.6 Å². The molecule has 0 atom stereocenters. The lowest BCUT2D eigenvalue weighted by Crippen LogP contribution is -1.99. The topological polar surface area (TPSA) is 29.5 Å². The molecular weight excluding hydrogens is 260 g/mol. The molecule has 2 aromatic rings. The van der Waals surface area contributed by atoms with E-state index in [0.29, 0.717) is 25.2 Å². The molecule has 108 valence electrons. The molecule has 0 saturated heterocycles. The van der Waals surface area contributed by atoms with Crippen molar-refractivity contribution in [3.05, 3.63) is 73.4 Å². The summed E-state index contributed by atoms with van der Waals surface area (Å²) in [7, 11) is 0. The molecule has 21 heavy (non-hydrogen) atoms. The second kappa shape index (κ2) is 6.80. The van der Waals surface area contributed by atoms with Crippen molar-refractivity contribution in [3.63, 3.8) is 0 Å². The highest BCUT2D eigenvalue weighted by Gasteiger charge is 2.12. The monoisotopic (exact) mass is 280 g/mol. The number of aromatic hydroxyl groups is 1. The van der Waals surface area contributed by atoms with Gasteiger partial charge in [0.25, 0.3) is 0 Å². The molecule has 0 aliphatic carbocycles. The third-order valence-corrected chi connectivity index (χ3v) is 3.41. The molecule has 0 aromatic heterocycles. The fraction of sp³-hybridized carbons (Fsp3) is 0.158. The van der Waals surface area contributed by atoms with E-state index in [9.17, 15) is 5.11 Å². The number of phenolic OH excluding ortho intramolecular Hbond substituents is 1. The van der Waals surface area contributed by atoms with Crippen LogP contribution in [0.2, 0.25) is 0 Å². The number of ether oxygens (including phenoxy) is 1. The molecule has 1 N–H and O–H groups in total. The van der Waals surface area contributed by atoms with Crippen LogP contribution in [0.25, 0.3) is 10.8 Å². The molecule has 0 saturated carbocycles. The predicted molar refractivity (Wildman–Crippen MR) is 89.1 cm³/mol. The van der Waals surface area contributed by atoms with Crippen molar-refractivity contribution in [3.8, 4) is 11.5 Å². The Morgan fingerprint density at radius 2 is 1.48 bits per heavy atom. The van der Waals surface area contributed by atoms with Crippen molar-refractivity contribution in [2.75, 3.05) is 6.61 Å². The van der Waals surface area contributed by atoms with Gasteiger partial charge in [-0.15, -0.1) is 13.2 Å². The van der Waals surface area contributed by atoms with Gasteiger partial charge in [0, 0.05) is 11.1 Å². The van der Waals surface area contributed by atoms with E-state index < -0.39 is 0 Å². The Bertz CT molecular complexity index is 684. The third kappa shape index (κ3) is 3.00. The van der Waals surface area contributed by atoms with Crippen molar-refractivity contribution < 1.29 is 9.84 Å². The normalized spacial score (nSPS) is 10.3. The Morgan fingerprint density at radius 1 is 0.857 bits per heavy atom. The number of benzene rings is 2. The Balaban J connectivity index is 2.68. The molecule has 0 aliphatic heterocycles. The standard InChI is InChI=1S/C19H20O2/c1-4-7-16-14-10-12-19(21-13-6-3)17(8-5-2)15(14)9-11-18(16)20/h4-6,9-12,20H,1-3,7-8,13H2. The minimum Gasteiger partial charge on any atom is -0.508 e. The smallest absolute Gasteiger partial charge is 0.123 e. The maximum Gasteiger partial charge on any atom is 0.123 e. The van der Waals surface area contributed by atoms with Crippen molar-refractivity contribution in [1.82, 2.24) is 0 Å². The van der Waals surface area contributed by atoms with Crippen molar-refractivity contribution >= 4 is 10.8 Å². The Hall–Kier alpha value is -2.48. The zero-order chi connectivity index (χ0) is 15.2. The van der Waals surface area contributed by atoms with Crippen LogP contribution in [0, 0.1) is 0 Å². The van der Waals surface area contributed by atoms with E-state index >= 15 is 0 Å². The lowest BCUT2D eigenvalue weighted by Gasteiger charge is -2.15. The van der Waals surface area contributed by atoms with Gasteiger partial charge in [-0.1, -0.05) is 36.9 Å². The summed E-state index contributed by atoms with van der Waals surface area (Å²) in [6.07, 6.45) is 6.72. The van der Waals surface area contributed by atoms with E-state index in [1.807, 2.05) is 24.3 Å². The van der Waals surface area contributed by atoms with Gasteiger partial charge >= 0.3 is 0 Å². The summed E-state index contributed by atoms with van der Waals surface area (Å²) in [5.41, 5.74) is 1.97. The molecule has 0 bridgehead atoms. The van der Waals surface area contributed by atoms with Gasteiger partial charge in [0.05, 0.1) is 0 Å². The maximum absolute atomic E-state index is 10.1. The highest BCUT2D eigenvalue weighted by molar-refractivity contribution is 5.92. The molecule has 0 aliphatic rings. The van der Waals surface area contributed by atoms with Crippen LogP contribution in [0.3, 0.4) is 0 Å². The highest BCUT2D eigenvalue weighted by Crippen LogP contribution is 2.34. The number of fused-ring (bicyclic) bond motifs is 1. The van der Waals surface area contributed by atoms with Gasteiger partial charge in [0.2, 0.25) is 0 Å². The molecular formula is C19H20O2. The van der Waals surface area contributed by atoms with Crippen LogP contribution in [0.1, 0.15) is 11.1 Å². The fourth-order valence-electron chi connectivity index (χ4n) is 2.50. The highest BCUT2D eigenvalue weighted by atomic mass is 16.5. The summed E-state index contributed by atoms with van der Waals surface area (Å²) < 4.78 is 5.73. The predicted octanol–water partition coefficient (Wildman–Crippen LogP) is 4.57. The second-order valence-electron chi connectivity index (χ2n) is 4.79. The van der Waals surface area contributed by atoms with Gasteiger partial charge < -0.3 is 9.84 Å². The minimum atomic E-state index is 0.298. The van der Waals surface area contributed by atoms with Gasteiger partial charge in [0.1, 0.15) is 18.1 Å². The van der Waals surface area contributed by atoms with Crippen LogP contribution in [0.5, 0.6) is 11.5 Å². The summed E-state index contributed by atoms with van der Waals surface area (Å²) in [5, 5.41) is 12.2. The van der Waals surface area contributed by atoms with Gasteiger partial charge in [-0.05, 0) is 35.7 Å². The summed E-state index contributed by atoms with van der Waals surface area (Å²) >= 11 is 0. The molecule has 2 rings (SSSR count). The van der Waals surface area contributed by atoms with Crippen LogP contribution in [0.15, 0.2) is 62.2 Å². The fourth-order valence-corrected chi connectivity index (χ4v) is 2.50. The Kier molecular flexibility index (Phi) is 4.83. The summed E-state index contributed by atoms with van der Waals surface area (Å²) in [6.45, 7) is 11.7. The molecule has 0 radical (unpaired) electrons. The molecule has 0 heterocycles. The van der Waals surface area contributed by atoms with E-state index in [4.69, 9.17) is 4.74 Å². The lowest BCUT2D eigenvalue weighted by molar-refractivity contribution is 0.360. The van der Waals surface area contributed by atoms with Crippen LogP contribution in [0.4, 0.5) is 0 Å². The first-order valence-electron chi connectivity index (χ1n) is 6.94. The number of allylic oxidation sites excluding steroid dienone is 2. The van der Waals surface area contributed by atoms with Crippen LogP contribution >= 0.6 is 0 Å². The maximum atomic E-state index is 10.1. The zero-order valence-electron chi connectivity index (χ0n) is 12.1. The summed E-state index contributed by atoms with van der Waals surface area (Å²) in [4.78, 5) is 0. The van der Waals surface area contributed by atoms with E-state index in [-0.39, 0.29) is 0 Å². The second-order valence-corrected chi connectivity index (χ2v) is 4.79. The van der Waals surface area contributed by atoms with Gasteiger partial charge in [-0.2, -0.15) is 0 Å². The van der Waals surface area contributed by atoms with Gasteiger partial charge in [0.15, 0.2) is 0 Å². The first-order valence-corrected chi connectivity index (χ1v) is 6.94. The number of hydrogen-bond acceptors (Lipinski definition) is 2. The lowest BCUT2D eigenvalue weighted by atomic mass is 9.95. The van der Waals surface area contributed by atoms with Crippen LogP contribution < -0.4 is 4.74 Å². The van der Waals surface area contributed by atoms with Gasteiger partial charge in [-0.3, -0.25) is 0 Å². The molecule has 0 fully saturated rings. The molecule has 2 aromatic carbocycles. The van der Waals surface area contributed by atoms with E-state index in [2.05, 4.69) is 19.7 Å². The Morgan fingerprint density at radius 3 is 2.14 bits per heavy atom. The number of phenols is 1. The van der Waals surface area contributed by atoms with Crippen molar-refractivity contribution in [2.24, 2.45) is 0 Å². The zero-order valence-corrected chi connectivity index (χ0v) is 12.1. The summed E-state index contributed by atoms with van der Waals surface area (Å²) in [6, 6.07) is 7.58. The molecule has 0 spiro atoms. The van der Waals surface area contributed by atoms with Crippen LogP contribution in [-0.4, -0.2) is 11.7 Å². The van der Waals surface area contributed by atoms with Crippen LogP contribution in [-0.2, 0) is 12.8 Å². The first kappa shape index (κ1) is 14.9. The average Bonchev–Trinajstić information content (AvgIpc) is 2.49. The summed E-state index contributed by atoms with van der Waals surface area (Å²) in [5.74, 6) is 1.13. The largest absolute Gasteiger partial charge is 0.508 e. The van der Waals surface area contributed by atoms with Crippen molar-refractivity contribution in [2.45, 2.75) is 12.8 Å². The number of hydrogen-bond donors (Lipinski definition) is 1. The van der Waals surface area contributed by atoms with E-state index in [1.165, 1.54) is 0 Å². The quantitative estimate of drug-likeness (QED) is 0.753. The third-order valence-electron chi connectivity index (χ3n) is 3.41. The SMILES string of the molecule is C=CCOc1ccc2c(CC=C)c(O)ccc2c1CC=C. The van der Waals surface area contributed by atoms with Crippen molar-refractivity contribution in [1.29, 1.82) is 0 Å². The van der Waals surface area contributed by atoms with Gasteiger partial charge in [-0.25, -0.2) is 0 Å². The molecule has 0 unspecified atom stereocenters.